The number of aliphatic hydroxyl groups is 1. The Bertz CT molecular complexity index is 505. The summed E-state index contributed by atoms with van der Waals surface area (Å²) < 4.78 is 0. The molecule has 0 fully saturated rings. The normalized spacial score (nSPS) is 12.7. The van der Waals surface area contributed by atoms with E-state index in [0.29, 0.717) is 31.0 Å². The van der Waals surface area contributed by atoms with Gasteiger partial charge in [-0.2, -0.15) is 0 Å². The van der Waals surface area contributed by atoms with Crippen LogP contribution in [0.2, 0.25) is 0 Å². The average Bonchev–Trinajstić information content (AvgIpc) is 2.59. The maximum atomic E-state index is 11.8. The van der Waals surface area contributed by atoms with E-state index in [1.165, 1.54) is 47.4 Å². The van der Waals surface area contributed by atoms with Crippen LogP contribution in [-0.4, -0.2) is 82.6 Å². The van der Waals surface area contributed by atoms with E-state index in [-0.39, 0.29) is 30.6 Å². The lowest BCUT2D eigenvalue weighted by Gasteiger charge is -2.21. The summed E-state index contributed by atoms with van der Waals surface area (Å²) in [6.45, 7) is 3.62. The highest BCUT2D eigenvalue weighted by Gasteiger charge is 2.21. The van der Waals surface area contributed by atoms with Crippen LogP contribution >= 0.6 is 21.6 Å². The zero-order valence-corrected chi connectivity index (χ0v) is 17.5. The molecule has 0 bridgehead atoms. The summed E-state index contributed by atoms with van der Waals surface area (Å²) in [7, 11) is 4.40. The van der Waals surface area contributed by atoms with Gasteiger partial charge in [-0.1, -0.05) is 21.6 Å². The van der Waals surface area contributed by atoms with Gasteiger partial charge in [0.25, 0.3) is 0 Å². The van der Waals surface area contributed by atoms with Gasteiger partial charge in [0.05, 0.1) is 12.5 Å². The minimum Gasteiger partial charge on any atom is -0.480 e. The van der Waals surface area contributed by atoms with Gasteiger partial charge < -0.3 is 25.7 Å². The third-order valence-electron chi connectivity index (χ3n) is 3.48. The third-order valence-corrected chi connectivity index (χ3v) is 5.89. The maximum Gasteiger partial charge on any atom is 0.326 e. The van der Waals surface area contributed by atoms with Gasteiger partial charge in [-0.05, 0) is 13.8 Å². The summed E-state index contributed by atoms with van der Waals surface area (Å²) in [6.07, 6.45) is -0.0896. The summed E-state index contributed by atoms with van der Waals surface area (Å²) in [5.41, 5.74) is 0. The van der Waals surface area contributed by atoms with Crippen molar-refractivity contribution in [2.75, 3.05) is 31.6 Å². The molecule has 0 aliphatic heterocycles. The maximum absolute atomic E-state index is 11.8. The number of carbonyl (C=O) groups excluding carboxylic acids is 3. The summed E-state index contributed by atoms with van der Waals surface area (Å²) in [6, 6.07) is -0.851. The zero-order valence-electron chi connectivity index (χ0n) is 15.9. The molecule has 0 aliphatic carbocycles. The van der Waals surface area contributed by atoms with E-state index in [1.807, 2.05) is 0 Å². The summed E-state index contributed by atoms with van der Waals surface area (Å²) >= 11 is 0. The number of hydrogen-bond acceptors (Lipinski definition) is 7. The van der Waals surface area contributed by atoms with Crippen molar-refractivity contribution < 1.29 is 29.4 Å². The fraction of sp³-hybridized carbons (Fsp3) is 0.750. The van der Waals surface area contributed by atoms with Crippen molar-refractivity contribution in [2.45, 2.75) is 45.3 Å². The van der Waals surface area contributed by atoms with Crippen LogP contribution in [0.5, 0.6) is 0 Å². The molecule has 0 saturated heterocycles. The second-order valence-electron chi connectivity index (χ2n) is 5.92. The molecule has 27 heavy (non-hydrogen) atoms. The first-order chi connectivity index (χ1) is 12.6. The summed E-state index contributed by atoms with van der Waals surface area (Å²) in [5, 5.41) is 23.2. The van der Waals surface area contributed by atoms with Crippen molar-refractivity contribution in [1.29, 1.82) is 0 Å². The Labute approximate surface area is 167 Å². The number of aliphatic hydroxyl groups excluding tert-OH is 1. The number of aliphatic carboxylic acids is 1. The van der Waals surface area contributed by atoms with E-state index >= 15 is 0 Å². The number of hydrogen-bond donors (Lipinski definition) is 4. The average molecular weight is 424 g/mol. The highest BCUT2D eigenvalue weighted by molar-refractivity contribution is 8.76. The van der Waals surface area contributed by atoms with Crippen LogP contribution in [0.25, 0.3) is 0 Å². The zero-order chi connectivity index (χ0) is 20.8. The Morgan fingerprint density at radius 3 is 2.00 bits per heavy atom. The van der Waals surface area contributed by atoms with Crippen molar-refractivity contribution in [3.63, 3.8) is 0 Å². The second-order valence-corrected chi connectivity index (χ2v) is 8.62. The van der Waals surface area contributed by atoms with Crippen LogP contribution in [0.1, 0.15) is 33.1 Å². The van der Waals surface area contributed by atoms with Crippen molar-refractivity contribution in [2.24, 2.45) is 0 Å². The number of carboxylic acid groups (broad SMARTS) is 1. The molecule has 9 nitrogen and oxygen atoms in total. The van der Waals surface area contributed by atoms with Crippen molar-refractivity contribution >= 4 is 45.3 Å². The number of nitrogens with one attached hydrogen (secondary N) is 2. The fourth-order valence-corrected chi connectivity index (χ4v) is 3.74. The van der Waals surface area contributed by atoms with Gasteiger partial charge in [0.1, 0.15) is 6.04 Å². The molecule has 0 saturated carbocycles. The quantitative estimate of drug-likeness (QED) is 0.228. The molecule has 156 valence electrons. The topological polar surface area (TPSA) is 136 Å². The molecule has 4 N–H and O–H groups in total. The lowest BCUT2D eigenvalue weighted by atomic mass is 10.3. The number of nitrogens with zero attached hydrogens (tertiary/aromatic N) is 1. The van der Waals surface area contributed by atoms with E-state index in [1.54, 1.807) is 0 Å². The molecular weight excluding hydrogens is 394 g/mol. The van der Waals surface area contributed by atoms with Crippen molar-refractivity contribution in [3.05, 3.63) is 0 Å². The monoisotopic (exact) mass is 423 g/mol. The molecule has 11 heteroatoms. The molecule has 0 radical (unpaired) electrons. The van der Waals surface area contributed by atoms with Crippen molar-refractivity contribution in [3.8, 4) is 0 Å². The Morgan fingerprint density at radius 2 is 1.48 bits per heavy atom. The smallest absolute Gasteiger partial charge is 0.326 e. The number of carbonyl (C=O) groups is 4. The minimum absolute atomic E-state index is 0.0370. The predicted molar refractivity (Wildman–Crippen MR) is 106 cm³/mol. The van der Waals surface area contributed by atoms with E-state index in [0.717, 1.165) is 0 Å². The van der Waals surface area contributed by atoms with Crippen LogP contribution in [0.3, 0.4) is 0 Å². The van der Waals surface area contributed by atoms with Crippen LogP contribution in [0.15, 0.2) is 0 Å². The number of rotatable bonds is 14. The number of likely N-dealkylation sites (N-methyl/N-ethyl adjacent to an activating group) is 1. The van der Waals surface area contributed by atoms with Crippen LogP contribution in [-0.2, 0) is 19.2 Å². The Kier molecular flexibility index (Phi) is 13.8. The SMILES string of the molecule is C[C@@H](O)CC(=O)NCCNC(=O)CCSSCCC(=O)N(C)[C@@H](C)C(=O)O. The Hall–Kier alpha value is -1.46. The lowest BCUT2D eigenvalue weighted by Crippen LogP contribution is -2.40. The highest BCUT2D eigenvalue weighted by Crippen LogP contribution is 2.23. The first-order valence-corrected chi connectivity index (χ1v) is 11.1. The third kappa shape index (κ3) is 13.4. The molecule has 0 unspecified atom stereocenters. The molecule has 3 amide bonds. The summed E-state index contributed by atoms with van der Waals surface area (Å²) in [4.78, 5) is 46.8. The molecule has 0 aromatic heterocycles. The second kappa shape index (κ2) is 14.6. The van der Waals surface area contributed by atoms with Crippen LogP contribution in [0.4, 0.5) is 0 Å². The highest BCUT2D eigenvalue weighted by atomic mass is 33.1. The Balaban J connectivity index is 3.65. The van der Waals surface area contributed by atoms with Gasteiger partial charge >= 0.3 is 5.97 Å². The molecule has 0 rings (SSSR count). The fourth-order valence-electron chi connectivity index (χ4n) is 1.77. The van der Waals surface area contributed by atoms with Gasteiger partial charge in [-0.25, -0.2) is 4.79 Å². The van der Waals surface area contributed by atoms with Crippen molar-refractivity contribution in [1.82, 2.24) is 15.5 Å². The van der Waals surface area contributed by atoms with Gasteiger partial charge in [-0.15, -0.1) is 0 Å². The molecule has 0 spiro atoms. The molecule has 0 aromatic rings. The number of carboxylic acids is 1. The molecule has 0 aromatic carbocycles. The first kappa shape index (κ1) is 25.5. The molecule has 0 aliphatic rings. The number of amides is 3. The van der Waals surface area contributed by atoms with E-state index in [2.05, 4.69) is 10.6 Å². The largest absolute Gasteiger partial charge is 0.480 e. The van der Waals surface area contributed by atoms with E-state index in [4.69, 9.17) is 10.2 Å². The van der Waals surface area contributed by atoms with E-state index in [9.17, 15) is 19.2 Å². The standard InChI is InChI=1S/C16H29N3O6S2/c1-11(20)10-14(22)18-7-6-17-13(21)4-8-26-27-9-5-15(23)19(3)12(2)16(24)25/h11-12,20H,4-10H2,1-3H3,(H,17,21)(H,18,22)(H,24,25)/t11-,12+/m1/s1. The molecular formula is C16H29N3O6S2. The van der Waals surface area contributed by atoms with Crippen LogP contribution < -0.4 is 10.6 Å². The summed E-state index contributed by atoms with van der Waals surface area (Å²) in [5.74, 6) is -0.532. The molecule has 2 atom stereocenters. The van der Waals surface area contributed by atoms with Crippen LogP contribution in [0, 0.1) is 0 Å². The van der Waals surface area contributed by atoms with Gasteiger partial charge in [-0.3, -0.25) is 14.4 Å². The Morgan fingerprint density at radius 1 is 0.963 bits per heavy atom. The van der Waals surface area contributed by atoms with Gasteiger partial charge in [0.2, 0.25) is 17.7 Å². The lowest BCUT2D eigenvalue weighted by molar-refractivity contribution is -0.148. The molecule has 0 heterocycles. The predicted octanol–water partition coefficient (Wildman–Crippen LogP) is 0.0828. The van der Waals surface area contributed by atoms with Gasteiger partial charge in [0, 0.05) is 44.5 Å². The van der Waals surface area contributed by atoms with Gasteiger partial charge in [0.15, 0.2) is 0 Å². The van der Waals surface area contributed by atoms with E-state index < -0.39 is 18.1 Å². The first-order valence-electron chi connectivity index (χ1n) is 8.59. The minimum atomic E-state index is -1.04.